The fourth-order valence-corrected chi connectivity index (χ4v) is 10.1. The molecule has 0 aliphatic heterocycles. The maximum Gasteiger partial charge on any atom is 0.264 e. The van der Waals surface area contributed by atoms with Gasteiger partial charge >= 0.3 is 0 Å². The normalized spacial score (nSPS) is 13.0. The molecule has 0 aliphatic carbocycles. The van der Waals surface area contributed by atoms with Crippen molar-refractivity contribution in [3.63, 3.8) is 0 Å². The molecule has 0 spiro atoms. The van der Waals surface area contributed by atoms with Gasteiger partial charge in [0.05, 0.1) is 22.6 Å². The number of carbonyl (C=O) groups is 4. The number of carbonyl (C=O) groups excluding carboxylic acids is 4. The largest absolute Gasteiger partial charge is 0.369 e. The first-order chi connectivity index (χ1) is 36.5. The van der Waals surface area contributed by atoms with Crippen molar-refractivity contribution in [3.05, 3.63) is 132 Å². The molecule has 0 fully saturated rings. The summed E-state index contributed by atoms with van der Waals surface area (Å²) in [4.78, 5) is 68.3. The molecule has 13 N–H and O–H groups in total. The van der Waals surface area contributed by atoms with Crippen LogP contribution in [-0.2, 0) is 52.1 Å². The van der Waals surface area contributed by atoms with Gasteiger partial charge in [-0.25, -0.2) is 26.3 Å². The fraction of sp³-hybridized carbons (Fsp3) is 0.358. The van der Waals surface area contributed by atoms with Crippen LogP contribution < -0.4 is 47.5 Å². The number of sulfonamides is 2. The molecule has 0 bridgehead atoms. The predicted molar refractivity (Wildman–Crippen MR) is 295 cm³/mol. The number of aliphatic imine (C=N–C) groups is 2. The van der Waals surface area contributed by atoms with Crippen molar-refractivity contribution >= 4 is 77.4 Å². The number of aryl methyl sites for hydroxylation is 2. The molecule has 0 saturated heterocycles. The van der Waals surface area contributed by atoms with E-state index in [9.17, 15) is 36.0 Å². The van der Waals surface area contributed by atoms with Crippen LogP contribution in [0.15, 0.2) is 129 Å². The molecule has 0 saturated carbocycles. The van der Waals surface area contributed by atoms with Crippen LogP contribution in [0.2, 0.25) is 0 Å². The second-order valence-electron chi connectivity index (χ2n) is 18.4. The van der Waals surface area contributed by atoms with Crippen LogP contribution in [0.3, 0.4) is 0 Å². The number of aromatic nitrogens is 2. The number of fused-ring (bicyclic) bond motifs is 2. The maximum atomic E-state index is 13.5. The van der Waals surface area contributed by atoms with Gasteiger partial charge in [0.15, 0.2) is 0 Å². The lowest BCUT2D eigenvalue weighted by Gasteiger charge is -2.19. The summed E-state index contributed by atoms with van der Waals surface area (Å²) >= 11 is 0. The maximum absolute atomic E-state index is 13.5. The molecule has 406 valence electrons. The second-order valence-corrected chi connectivity index (χ2v) is 21.7. The molecule has 4 aromatic carbocycles. The molecule has 2 atom stereocenters. The van der Waals surface area contributed by atoms with Crippen LogP contribution in [-0.4, -0.2) is 114 Å². The van der Waals surface area contributed by atoms with Crippen LogP contribution in [0.1, 0.15) is 67.2 Å². The Morgan fingerprint density at radius 2 is 0.947 bits per heavy atom. The number of hydrogen-bond donors (Lipinski definition) is 11. The van der Waals surface area contributed by atoms with E-state index in [4.69, 9.17) is 11.5 Å². The zero-order valence-electron chi connectivity index (χ0n) is 42.8. The summed E-state index contributed by atoms with van der Waals surface area (Å²) in [5.41, 5.74) is 17.0. The number of para-hydroxylation sites is 2. The molecule has 76 heavy (non-hydrogen) atoms. The molecule has 6 rings (SSSR count). The fourth-order valence-electron chi connectivity index (χ4n) is 8.22. The van der Waals surface area contributed by atoms with Crippen molar-refractivity contribution in [3.8, 4) is 0 Å². The summed E-state index contributed by atoms with van der Waals surface area (Å²) in [5.74, 6) is -2.00. The Morgan fingerprint density at radius 1 is 0.526 bits per heavy atom. The van der Waals surface area contributed by atoms with Gasteiger partial charge < -0.3 is 48.0 Å². The number of guanidine groups is 2. The van der Waals surface area contributed by atoms with E-state index in [-0.39, 0.29) is 90.7 Å². The lowest BCUT2D eigenvalue weighted by molar-refractivity contribution is -0.128. The van der Waals surface area contributed by atoms with Crippen molar-refractivity contribution < 1.29 is 36.0 Å². The van der Waals surface area contributed by atoms with Gasteiger partial charge in [-0.05, 0) is 106 Å². The van der Waals surface area contributed by atoms with Gasteiger partial charge in [0, 0.05) is 66.9 Å². The van der Waals surface area contributed by atoms with Crippen LogP contribution in [0.4, 0.5) is 0 Å². The van der Waals surface area contributed by atoms with Gasteiger partial charge in [-0.2, -0.15) is 0 Å². The third-order valence-corrected chi connectivity index (χ3v) is 15.0. The smallest absolute Gasteiger partial charge is 0.264 e. The topological polar surface area (TPSA) is 329 Å². The van der Waals surface area contributed by atoms with Gasteiger partial charge in [0.1, 0.15) is 12.1 Å². The molecule has 6 aromatic rings. The van der Waals surface area contributed by atoms with Crippen molar-refractivity contribution in [2.24, 2.45) is 21.5 Å². The lowest BCUT2D eigenvalue weighted by atomic mass is 10.1. The Kier molecular flexibility index (Phi) is 21.4. The number of nitrogens with one attached hydrogen (secondary N) is 9. The van der Waals surface area contributed by atoms with Crippen LogP contribution in [0.25, 0.3) is 21.8 Å². The highest BCUT2D eigenvalue weighted by molar-refractivity contribution is 7.90. The monoisotopic (exact) mass is 1080 g/mol. The number of H-pyrrole nitrogens is 2. The number of rotatable bonds is 29. The number of hydrogen-bond acceptors (Lipinski definition) is 11. The molecule has 0 radical (unpaired) electrons. The minimum atomic E-state index is -3.94. The molecule has 21 nitrogen and oxygen atoms in total. The SMILES string of the molecule is Cc1ccc(S(=O)(=O)NC(N)=NCCC[C@@H](NC(=O)Cc2c[nH]c3ccccc23)C(=O)NCCCCCNCCNC(=O)[C@@H](CCCN=C(N)NS(=O)(=O)c2ccc(C)cc2)NC(=O)Cc2c[nH]c3ccccc23)cc1. The number of amides is 4. The Morgan fingerprint density at radius 3 is 1.41 bits per heavy atom. The number of nitrogens with zero attached hydrogens (tertiary/aromatic N) is 2. The van der Waals surface area contributed by atoms with Crippen LogP contribution in [0.5, 0.6) is 0 Å². The van der Waals surface area contributed by atoms with E-state index in [0.717, 1.165) is 56.9 Å². The van der Waals surface area contributed by atoms with Crippen molar-refractivity contribution in [2.45, 2.75) is 93.5 Å². The van der Waals surface area contributed by atoms with Crippen LogP contribution >= 0.6 is 0 Å². The Hall–Kier alpha value is -7.76. The minimum Gasteiger partial charge on any atom is -0.369 e. The molecule has 2 aromatic heterocycles. The zero-order chi connectivity index (χ0) is 54.5. The third kappa shape index (κ3) is 18.0. The van der Waals surface area contributed by atoms with Crippen molar-refractivity contribution in [1.29, 1.82) is 0 Å². The van der Waals surface area contributed by atoms with Crippen molar-refractivity contribution in [1.82, 2.24) is 46.0 Å². The summed E-state index contributed by atoms with van der Waals surface area (Å²) in [6.45, 7) is 5.62. The zero-order valence-corrected chi connectivity index (χ0v) is 44.4. The molecular weight excluding hydrogens is 1010 g/mol. The van der Waals surface area contributed by atoms with Gasteiger partial charge in [-0.15, -0.1) is 0 Å². The van der Waals surface area contributed by atoms with Gasteiger partial charge in [0.25, 0.3) is 20.0 Å². The molecule has 0 aliphatic rings. The standard InChI is InChI=1S/C53H69N13O8S2/c1-36-18-22-40(23-19-36)75(71,72)65-52(54)59-28-10-16-46(63-48(67)32-38-34-61-44-14-6-4-12-42(38)44)50(69)57-27-9-3-8-26-56-30-31-58-51(70)47(64-49(68)33-39-35-62-45-15-7-5-13-43(39)45)17-11-29-60-53(55)66-76(73,74)41-24-20-37(2)21-25-41/h4-7,12-15,18-25,34-35,46-47,56,61-62H,3,8-11,16-17,26-33H2,1-2H3,(H,57,69)(H,58,70)(H,63,67)(H,64,68)(H3,54,59,65)(H3,55,60,66)/t46-,47-/m1/s1. The highest BCUT2D eigenvalue weighted by atomic mass is 32.2. The van der Waals surface area contributed by atoms with Crippen molar-refractivity contribution in [2.75, 3.05) is 39.3 Å². The first-order valence-corrected chi connectivity index (χ1v) is 28.2. The predicted octanol–water partition coefficient (Wildman–Crippen LogP) is 3.16. The van der Waals surface area contributed by atoms with Crippen LogP contribution in [0, 0.1) is 13.8 Å². The molecule has 23 heteroatoms. The highest BCUT2D eigenvalue weighted by Gasteiger charge is 2.23. The van der Waals surface area contributed by atoms with E-state index in [1.165, 1.54) is 24.3 Å². The second kappa shape index (κ2) is 28.2. The number of unbranched alkanes of at least 4 members (excludes halogenated alkanes) is 2. The lowest BCUT2D eigenvalue weighted by Crippen LogP contribution is -2.48. The molecule has 4 amide bonds. The number of benzene rings is 4. The summed E-state index contributed by atoms with van der Waals surface area (Å²) < 4.78 is 55.5. The van der Waals surface area contributed by atoms with E-state index >= 15 is 0 Å². The third-order valence-electron chi connectivity index (χ3n) is 12.3. The number of nitrogens with two attached hydrogens (primary N) is 2. The van der Waals surface area contributed by atoms with E-state index in [1.807, 2.05) is 62.4 Å². The average molecular weight is 1080 g/mol. The quantitative estimate of drug-likeness (QED) is 0.0184. The Balaban J connectivity index is 0.924. The Labute approximate surface area is 443 Å². The van der Waals surface area contributed by atoms with E-state index in [1.54, 1.807) is 36.7 Å². The molecule has 0 unspecified atom stereocenters. The summed E-state index contributed by atoms with van der Waals surface area (Å²) in [7, 11) is -7.88. The van der Waals surface area contributed by atoms with Gasteiger partial charge in [0.2, 0.25) is 35.5 Å². The minimum absolute atomic E-state index is 0.0423. The summed E-state index contributed by atoms with van der Waals surface area (Å²) in [6, 6.07) is 26.0. The molecular formula is C53H69N13O8S2. The Bertz CT molecular complexity index is 2980. The van der Waals surface area contributed by atoms with Gasteiger partial charge in [-0.1, -0.05) is 78.2 Å². The van der Waals surface area contributed by atoms with Gasteiger partial charge in [-0.3, -0.25) is 29.2 Å². The number of aromatic amines is 2. The summed E-state index contributed by atoms with van der Waals surface area (Å²) in [6.07, 6.45) is 6.92. The van der Waals surface area contributed by atoms with E-state index < -0.39 is 32.1 Å². The first-order valence-electron chi connectivity index (χ1n) is 25.2. The van der Waals surface area contributed by atoms with E-state index in [0.29, 0.717) is 38.9 Å². The molecule has 2 heterocycles. The van der Waals surface area contributed by atoms with E-state index in [2.05, 4.69) is 56.0 Å². The summed E-state index contributed by atoms with van der Waals surface area (Å²) in [5, 5.41) is 16.7. The highest BCUT2D eigenvalue weighted by Crippen LogP contribution is 2.20. The first kappa shape index (κ1) is 57.5. The average Bonchev–Trinajstić information content (AvgIpc) is 3.99.